The van der Waals surface area contributed by atoms with Gasteiger partial charge in [-0.15, -0.1) is 0 Å². The Kier molecular flexibility index (Phi) is 42.2. The maximum atomic E-state index is 12.8. The number of aliphatic hydroxyl groups is 4. The summed E-state index contributed by atoms with van der Waals surface area (Å²) in [6.07, 6.45) is 41.1. The first-order valence-corrected chi connectivity index (χ1v) is 27.1. The Bertz CT molecular complexity index is 995. The third kappa shape index (κ3) is 35.6. The van der Waals surface area contributed by atoms with Gasteiger partial charge in [0, 0.05) is 12.8 Å². The van der Waals surface area contributed by atoms with E-state index in [0.29, 0.717) is 6.42 Å². The van der Waals surface area contributed by atoms with Crippen LogP contribution in [-0.4, -0.2) is 89.0 Å². The quantitative estimate of drug-likeness (QED) is 0.0343. The van der Waals surface area contributed by atoms with Crippen molar-refractivity contribution < 1.29 is 49.0 Å². The lowest BCUT2D eigenvalue weighted by atomic mass is 9.99. The largest absolute Gasteiger partial charge is 0.462 e. The summed E-state index contributed by atoms with van der Waals surface area (Å²) in [6, 6.07) is 0. The molecule has 0 aromatic carbocycles. The first kappa shape index (κ1) is 59.7. The summed E-state index contributed by atoms with van der Waals surface area (Å²) in [6.45, 7) is 3.49. The molecular formula is C53H102O10. The topological polar surface area (TPSA) is 152 Å². The normalized spacial score (nSPS) is 19.4. The van der Waals surface area contributed by atoms with Gasteiger partial charge in [0.1, 0.15) is 31.0 Å². The lowest BCUT2D eigenvalue weighted by molar-refractivity contribution is -0.305. The highest BCUT2D eigenvalue weighted by Gasteiger charge is 2.44. The fourth-order valence-electron chi connectivity index (χ4n) is 8.72. The number of ether oxygens (including phenoxy) is 4. The molecule has 10 nitrogen and oxygen atoms in total. The average molecular weight is 899 g/mol. The van der Waals surface area contributed by atoms with E-state index in [9.17, 15) is 30.0 Å². The summed E-state index contributed by atoms with van der Waals surface area (Å²) in [4.78, 5) is 25.5. The van der Waals surface area contributed by atoms with Crippen molar-refractivity contribution >= 4 is 11.9 Å². The molecule has 63 heavy (non-hydrogen) atoms. The zero-order valence-corrected chi connectivity index (χ0v) is 41.1. The van der Waals surface area contributed by atoms with E-state index in [1.165, 1.54) is 205 Å². The van der Waals surface area contributed by atoms with Crippen LogP contribution in [0.2, 0.25) is 0 Å². The molecule has 0 aromatic rings. The number of aliphatic hydroxyl groups excluding tert-OH is 4. The smallest absolute Gasteiger partial charge is 0.306 e. The van der Waals surface area contributed by atoms with Gasteiger partial charge in [-0.1, -0.05) is 245 Å². The number of hydrogen-bond donors (Lipinski definition) is 4. The summed E-state index contributed by atoms with van der Waals surface area (Å²) in [5.74, 6) is -0.783. The molecule has 0 amide bonds. The minimum Gasteiger partial charge on any atom is -0.462 e. The standard InChI is InChI=1S/C53H102O10/c1-3-5-7-9-11-13-15-17-19-21-23-24-26-28-30-32-34-36-38-40-42-49(56)62-46(45-61-53-52(59)51(58)50(57)47(43-54)63-53)44-60-48(55)41-39-37-35-33-31-29-27-25-22-20-18-16-14-12-10-8-6-4-2/h46-47,50-54,57-59H,3-45H2,1-2H3. The summed E-state index contributed by atoms with van der Waals surface area (Å²) in [7, 11) is 0. The molecule has 0 bridgehead atoms. The maximum absolute atomic E-state index is 12.8. The number of esters is 2. The van der Waals surface area contributed by atoms with E-state index in [2.05, 4.69) is 13.8 Å². The first-order chi connectivity index (χ1) is 30.8. The molecule has 6 atom stereocenters. The lowest BCUT2D eigenvalue weighted by Crippen LogP contribution is -2.59. The van der Waals surface area contributed by atoms with Crippen molar-refractivity contribution in [3.05, 3.63) is 0 Å². The van der Waals surface area contributed by atoms with E-state index in [1.54, 1.807) is 0 Å². The Morgan fingerprint density at radius 3 is 1.08 bits per heavy atom. The van der Waals surface area contributed by atoms with E-state index in [4.69, 9.17) is 18.9 Å². The highest BCUT2D eigenvalue weighted by atomic mass is 16.7. The SMILES string of the molecule is CCCCCCCCCCCCCCCCCCCCCCC(=O)OC(COC(=O)CCCCCCCCCCCCCCCCCCCC)COC1OC(CO)C(O)C(O)C1O. The predicted octanol–water partition coefficient (Wildman–Crippen LogP) is 12.9. The van der Waals surface area contributed by atoms with Crippen molar-refractivity contribution in [2.45, 2.75) is 307 Å². The van der Waals surface area contributed by atoms with Crippen molar-refractivity contribution in [3.63, 3.8) is 0 Å². The van der Waals surface area contributed by atoms with Gasteiger partial charge in [0.25, 0.3) is 0 Å². The molecule has 0 saturated carbocycles. The highest BCUT2D eigenvalue weighted by molar-refractivity contribution is 5.70. The minimum atomic E-state index is -1.59. The van der Waals surface area contributed by atoms with Gasteiger partial charge in [-0.2, -0.15) is 0 Å². The Labute approximate surface area is 387 Å². The van der Waals surface area contributed by atoms with Crippen molar-refractivity contribution in [1.82, 2.24) is 0 Å². The van der Waals surface area contributed by atoms with E-state index in [-0.39, 0.29) is 32.0 Å². The number of carbonyl (C=O) groups is 2. The van der Waals surface area contributed by atoms with Crippen LogP contribution in [0.5, 0.6) is 0 Å². The van der Waals surface area contributed by atoms with Gasteiger partial charge in [0.15, 0.2) is 12.4 Å². The van der Waals surface area contributed by atoms with Crippen molar-refractivity contribution in [3.8, 4) is 0 Å². The molecule has 1 aliphatic heterocycles. The van der Waals surface area contributed by atoms with Gasteiger partial charge in [0.05, 0.1) is 13.2 Å². The molecule has 10 heteroatoms. The van der Waals surface area contributed by atoms with Crippen LogP contribution in [0.1, 0.15) is 271 Å². The van der Waals surface area contributed by atoms with Crippen LogP contribution in [-0.2, 0) is 28.5 Å². The fourth-order valence-corrected chi connectivity index (χ4v) is 8.72. The van der Waals surface area contributed by atoms with Crippen molar-refractivity contribution in [2.75, 3.05) is 19.8 Å². The van der Waals surface area contributed by atoms with Crippen LogP contribution in [0.25, 0.3) is 0 Å². The van der Waals surface area contributed by atoms with E-state index in [0.717, 1.165) is 32.1 Å². The van der Waals surface area contributed by atoms with Gasteiger partial charge in [0.2, 0.25) is 0 Å². The van der Waals surface area contributed by atoms with Crippen molar-refractivity contribution in [2.24, 2.45) is 0 Å². The monoisotopic (exact) mass is 899 g/mol. The maximum Gasteiger partial charge on any atom is 0.306 e. The minimum absolute atomic E-state index is 0.208. The predicted molar refractivity (Wildman–Crippen MR) is 257 cm³/mol. The molecular weight excluding hydrogens is 797 g/mol. The van der Waals surface area contributed by atoms with Crippen molar-refractivity contribution in [1.29, 1.82) is 0 Å². The third-order valence-electron chi connectivity index (χ3n) is 13.0. The summed E-state index contributed by atoms with van der Waals surface area (Å²) in [5.41, 5.74) is 0. The van der Waals surface area contributed by atoms with E-state index < -0.39 is 49.4 Å². The molecule has 374 valence electrons. The molecule has 1 heterocycles. The molecule has 0 spiro atoms. The van der Waals surface area contributed by atoms with Gasteiger partial charge < -0.3 is 39.4 Å². The van der Waals surface area contributed by atoms with E-state index in [1.807, 2.05) is 0 Å². The van der Waals surface area contributed by atoms with Gasteiger partial charge in [-0.3, -0.25) is 9.59 Å². The van der Waals surface area contributed by atoms with Crippen LogP contribution in [0.15, 0.2) is 0 Å². The summed E-state index contributed by atoms with van der Waals surface area (Å²) in [5, 5.41) is 40.2. The zero-order chi connectivity index (χ0) is 45.9. The van der Waals surface area contributed by atoms with Crippen LogP contribution in [0.4, 0.5) is 0 Å². The number of hydrogen-bond acceptors (Lipinski definition) is 10. The number of carbonyl (C=O) groups excluding carboxylic acids is 2. The van der Waals surface area contributed by atoms with Crippen LogP contribution >= 0.6 is 0 Å². The zero-order valence-electron chi connectivity index (χ0n) is 41.1. The van der Waals surface area contributed by atoms with Crippen LogP contribution < -0.4 is 0 Å². The molecule has 0 radical (unpaired) electrons. The van der Waals surface area contributed by atoms with Gasteiger partial charge in [-0.05, 0) is 12.8 Å². The lowest BCUT2D eigenvalue weighted by Gasteiger charge is -2.39. The van der Waals surface area contributed by atoms with Gasteiger partial charge >= 0.3 is 11.9 Å². The molecule has 1 aliphatic rings. The molecule has 4 N–H and O–H groups in total. The second-order valence-corrected chi connectivity index (χ2v) is 19.1. The molecule has 1 rings (SSSR count). The summed E-state index contributed by atoms with van der Waals surface area (Å²) >= 11 is 0. The van der Waals surface area contributed by atoms with Crippen LogP contribution in [0.3, 0.4) is 0 Å². The summed E-state index contributed by atoms with van der Waals surface area (Å²) < 4.78 is 22.3. The Hall–Kier alpha value is -1.30. The second-order valence-electron chi connectivity index (χ2n) is 19.1. The molecule has 0 aromatic heterocycles. The molecule has 1 saturated heterocycles. The van der Waals surface area contributed by atoms with Gasteiger partial charge in [-0.25, -0.2) is 0 Å². The molecule has 0 aliphatic carbocycles. The first-order valence-electron chi connectivity index (χ1n) is 27.1. The Morgan fingerprint density at radius 1 is 0.429 bits per heavy atom. The average Bonchev–Trinajstić information content (AvgIpc) is 3.28. The van der Waals surface area contributed by atoms with Crippen LogP contribution in [0, 0.1) is 0 Å². The Morgan fingerprint density at radius 2 is 0.746 bits per heavy atom. The Balaban J connectivity index is 2.21. The highest BCUT2D eigenvalue weighted by Crippen LogP contribution is 2.23. The fraction of sp³-hybridized carbons (Fsp3) is 0.962. The third-order valence-corrected chi connectivity index (χ3v) is 13.0. The molecule has 6 unspecified atom stereocenters. The molecule has 1 fully saturated rings. The van der Waals surface area contributed by atoms with E-state index >= 15 is 0 Å². The number of unbranched alkanes of at least 4 members (excludes halogenated alkanes) is 36. The number of rotatable bonds is 47. The second kappa shape index (κ2) is 44.5.